The predicted octanol–water partition coefficient (Wildman–Crippen LogP) is 2.27. The molecule has 6 heteroatoms. The smallest absolute Gasteiger partial charge is 0.322 e. The lowest BCUT2D eigenvalue weighted by molar-refractivity contribution is -0.136. The Morgan fingerprint density at radius 1 is 1.04 bits per heavy atom. The van der Waals surface area contributed by atoms with Crippen LogP contribution < -0.4 is 14.8 Å². The molecule has 3 rings (SSSR count). The number of carboxylic acid groups (broad SMARTS) is 1. The van der Waals surface area contributed by atoms with E-state index in [2.05, 4.69) is 19.1 Å². The Bertz CT molecular complexity index is 591. The number of aryl methyl sites for hydroxylation is 1. The van der Waals surface area contributed by atoms with Crippen molar-refractivity contribution in [2.45, 2.75) is 6.92 Å². The van der Waals surface area contributed by atoms with Crippen LogP contribution in [0.2, 0.25) is 0 Å². The van der Waals surface area contributed by atoms with Crippen molar-refractivity contribution < 1.29 is 24.2 Å². The molecule has 0 spiro atoms. The Hall–Kier alpha value is -3.02. The van der Waals surface area contributed by atoms with E-state index in [0.29, 0.717) is 19.6 Å². The minimum atomic E-state index is -1.04. The summed E-state index contributed by atoms with van der Waals surface area (Å²) in [4.78, 5) is 18.9. The van der Waals surface area contributed by atoms with Crippen LogP contribution in [0.1, 0.15) is 5.56 Å². The number of benzene rings is 2. The van der Waals surface area contributed by atoms with E-state index in [1.54, 1.807) is 0 Å². The molecule has 2 aromatic rings. The summed E-state index contributed by atoms with van der Waals surface area (Å²) in [7, 11) is 0. The Morgan fingerprint density at radius 2 is 1.54 bits per heavy atom. The maximum Gasteiger partial charge on any atom is 0.322 e. The minimum absolute atomic E-state index is 0.302. The molecule has 2 N–H and O–H groups in total. The van der Waals surface area contributed by atoms with Crippen LogP contribution in [0.15, 0.2) is 54.6 Å². The maximum atomic E-state index is 9.54. The van der Waals surface area contributed by atoms with Gasteiger partial charge < -0.3 is 19.9 Å². The Balaban J connectivity index is 0.000000186. The van der Waals surface area contributed by atoms with E-state index in [-0.39, 0.29) is 6.54 Å². The number of carbonyl (C=O) groups excluding carboxylic acids is 1. The van der Waals surface area contributed by atoms with Crippen LogP contribution in [0, 0.1) is 6.92 Å². The topological polar surface area (TPSA) is 84.9 Å². The van der Waals surface area contributed by atoms with Gasteiger partial charge in [-0.15, -0.1) is 0 Å². The normalized spacial score (nSPS) is 10.9. The molecule has 2 aromatic carbocycles. The van der Waals surface area contributed by atoms with Crippen LogP contribution in [0.4, 0.5) is 0 Å². The summed E-state index contributed by atoms with van der Waals surface area (Å²) < 4.78 is 10.6. The molecule has 0 aliphatic carbocycles. The van der Waals surface area contributed by atoms with Crippen molar-refractivity contribution in [3.8, 4) is 11.5 Å². The lowest BCUT2D eigenvalue weighted by Gasteiger charge is -2.17. The fraction of sp³-hybridized carbons (Fsp3) is 0.222. The SMILES string of the molecule is Cc1ccccc1.O=CNCC(=O)O.c1ccc2c(c1)OCCO2. The summed E-state index contributed by atoms with van der Waals surface area (Å²) in [6.07, 6.45) is 0.341. The van der Waals surface area contributed by atoms with Crippen LogP contribution in [0.5, 0.6) is 11.5 Å². The predicted molar refractivity (Wildman–Crippen MR) is 90.3 cm³/mol. The van der Waals surface area contributed by atoms with Gasteiger partial charge in [-0.05, 0) is 19.1 Å². The molecular weight excluding hydrogens is 310 g/mol. The first-order valence-corrected chi connectivity index (χ1v) is 7.38. The summed E-state index contributed by atoms with van der Waals surface area (Å²) in [5.41, 5.74) is 1.32. The number of carbonyl (C=O) groups is 2. The van der Waals surface area contributed by atoms with E-state index >= 15 is 0 Å². The summed E-state index contributed by atoms with van der Waals surface area (Å²) in [5.74, 6) is 0.676. The Morgan fingerprint density at radius 3 is 1.88 bits per heavy atom. The fourth-order valence-corrected chi connectivity index (χ4v) is 1.66. The Kier molecular flexibility index (Phi) is 9.14. The largest absolute Gasteiger partial charge is 0.486 e. The molecule has 24 heavy (non-hydrogen) atoms. The van der Waals surface area contributed by atoms with Crippen molar-refractivity contribution in [1.82, 2.24) is 5.32 Å². The number of aliphatic carboxylic acids is 1. The van der Waals surface area contributed by atoms with E-state index in [0.717, 1.165) is 11.5 Å². The monoisotopic (exact) mass is 331 g/mol. The summed E-state index contributed by atoms with van der Waals surface area (Å²) in [6.45, 7) is 3.11. The van der Waals surface area contributed by atoms with Crippen molar-refractivity contribution >= 4 is 12.4 Å². The van der Waals surface area contributed by atoms with Crippen LogP contribution in [0.25, 0.3) is 0 Å². The van der Waals surface area contributed by atoms with Crippen LogP contribution in [0.3, 0.4) is 0 Å². The minimum Gasteiger partial charge on any atom is -0.486 e. The lowest BCUT2D eigenvalue weighted by atomic mass is 10.2. The van der Waals surface area contributed by atoms with Gasteiger partial charge in [0, 0.05) is 0 Å². The van der Waals surface area contributed by atoms with E-state index in [9.17, 15) is 9.59 Å². The zero-order chi connectivity index (χ0) is 17.6. The molecule has 1 aliphatic heterocycles. The molecule has 6 nitrogen and oxygen atoms in total. The second-order valence-corrected chi connectivity index (χ2v) is 4.69. The molecule has 1 aliphatic rings. The first-order chi connectivity index (χ1) is 11.6. The number of nitrogens with one attached hydrogen (secondary N) is 1. The van der Waals surface area contributed by atoms with Gasteiger partial charge in [0.2, 0.25) is 6.41 Å². The molecule has 0 bridgehead atoms. The number of hydrogen-bond acceptors (Lipinski definition) is 4. The molecule has 0 fully saturated rings. The van der Waals surface area contributed by atoms with Crippen molar-refractivity contribution in [3.63, 3.8) is 0 Å². The molecule has 128 valence electrons. The molecule has 0 saturated carbocycles. The van der Waals surface area contributed by atoms with E-state index in [1.165, 1.54) is 5.56 Å². The van der Waals surface area contributed by atoms with Gasteiger partial charge in [-0.2, -0.15) is 0 Å². The number of ether oxygens (including phenoxy) is 2. The molecule has 1 amide bonds. The lowest BCUT2D eigenvalue weighted by Crippen LogP contribution is -2.20. The van der Waals surface area contributed by atoms with Gasteiger partial charge in [-0.1, -0.05) is 48.0 Å². The van der Waals surface area contributed by atoms with Crippen molar-refractivity contribution in [2.75, 3.05) is 19.8 Å². The third-order valence-electron chi connectivity index (χ3n) is 2.72. The highest BCUT2D eigenvalue weighted by Gasteiger charge is 2.07. The molecular formula is C18H21NO5. The highest BCUT2D eigenvalue weighted by molar-refractivity contribution is 5.71. The third kappa shape index (κ3) is 8.43. The molecule has 0 unspecified atom stereocenters. The number of rotatable bonds is 3. The van der Waals surface area contributed by atoms with Crippen molar-refractivity contribution in [2.24, 2.45) is 0 Å². The van der Waals surface area contributed by atoms with Crippen molar-refractivity contribution in [1.29, 1.82) is 0 Å². The zero-order valence-electron chi connectivity index (χ0n) is 13.5. The zero-order valence-corrected chi connectivity index (χ0v) is 13.5. The second kappa shape index (κ2) is 11.5. The van der Waals surface area contributed by atoms with Gasteiger partial charge >= 0.3 is 5.97 Å². The van der Waals surface area contributed by atoms with Crippen LogP contribution in [-0.2, 0) is 9.59 Å². The fourth-order valence-electron chi connectivity index (χ4n) is 1.66. The number of hydrogen-bond donors (Lipinski definition) is 2. The first-order valence-electron chi connectivity index (χ1n) is 7.38. The molecule has 1 heterocycles. The van der Waals surface area contributed by atoms with Gasteiger partial charge in [-0.25, -0.2) is 0 Å². The molecule has 0 saturated heterocycles. The summed E-state index contributed by atoms with van der Waals surface area (Å²) >= 11 is 0. The molecule has 0 atom stereocenters. The van der Waals surface area contributed by atoms with Gasteiger partial charge in [0.25, 0.3) is 0 Å². The number of para-hydroxylation sites is 2. The van der Waals surface area contributed by atoms with Crippen molar-refractivity contribution in [3.05, 3.63) is 60.2 Å². The number of amides is 1. The van der Waals surface area contributed by atoms with E-state index in [4.69, 9.17) is 14.6 Å². The Labute approximate surface area is 141 Å². The number of carboxylic acids is 1. The molecule has 0 radical (unpaired) electrons. The summed E-state index contributed by atoms with van der Waals surface area (Å²) in [6, 6.07) is 18.0. The number of fused-ring (bicyclic) bond motifs is 1. The quantitative estimate of drug-likeness (QED) is 0.843. The van der Waals surface area contributed by atoms with E-state index in [1.807, 2.05) is 47.8 Å². The van der Waals surface area contributed by atoms with Crippen LogP contribution in [-0.4, -0.2) is 37.2 Å². The van der Waals surface area contributed by atoms with Gasteiger partial charge in [0.1, 0.15) is 19.8 Å². The first kappa shape index (κ1) is 19.0. The highest BCUT2D eigenvalue weighted by atomic mass is 16.6. The summed E-state index contributed by atoms with van der Waals surface area (Å²) in [5, 5.41) is 9.79. The molecule has 0 aromatic heterocycles. The third-order valence-corrected chi connectivity index (χ3v) is 2.72. The second-order valence-electron chi connectivity index (χ2n) is 4.69. The van der Waals surface area contributed by atoms with E-state index < -0.39 is 5.97 Å². The average Bonchev–Trinajstić information content (AvgIpc) is 2.62. The van der Waals surface area contributed by atoms with Gasteiger partial charge in [-0.3, -0.25) is 9.59 Å². The highest BCUT2D eigenvalue weighted by Crippen LogP contribution is 2.28. The van der Waals surface area contributed by atoms with Gasteiger partial charge in [0.05, 0.1) is 0 Å². The average molecular weight is 331 g/mol. The van der Waals surface area contributed by atoms with Gasteiger partial charge in [0.15, 0.2) is 11.5 Å². The standard InChI is InChI=1S/C8H8O2.C7H8.C3H5NO3/c1-2-4-8-7(3-1)9-5-6-10-8;1-7-5-3-2-4-6-7;5-2-4-1-3(6)7/h1-4H,5-6H2;2-6H,1H3;2H,1H2,(H,4,5)(H,6,7). The maximum absolute atomic E-state index is 9.54. The van der Waals surface area contributed by atoms with Crippen LogP contribution >= 0.6 is 0 Å².